The molecule has 0 atom stereocenters. The summed E-state index contributed by atoms with van der Waals surface area (Å²) in [6.45, 7) is 12.4. The summed E-state index contributed by atoms with van der Waals surface area (Å²) in [5.74, 6) is 1.62. The molecule has 0 spiro atoms. The van der Waals surface area contributed by atoms with E-state index >= 15 is 0 Å². The van der Waals surface area contributed by atoms with Crippen molar-refractivity contribution in [3.05, 3.63) is 65.7 Å². The third-order valence-electron chi connectivity index (χ3n) is 4.41. The van der Waals surface area contributed by atoms with Gasteiger partial charge in [0.2, 0.25) is 0 Å². The smallest absolute Gasteiger partial charge is 0.119 e. The molecule has 0 saturated heterocycles. The van der Waals surface area contributed by atoms with Gasteiger partial charge in [-0.3, -0.25) is 0 Å². The largest absolute Gasteiger partial charge is 0.508 e. The van der Waals surface area contributed by atoms with E-state index in [2.05, 4.69) is 50.8 Å². The molecular weight excluding hydrogens is 322 g/mol. The van der Waals surface area contributed by atoms with E-state index in [0.29, 0.717) is 12.5 Å². The second kappa shape index (κ2) is 10.0. The Kier molecular flexibility index (Phi) is 7.73. The summed E-state index contributed by atoms with van der Waals surface area (Å²) >= 11 is 0. The average molecular weight is 354 g/mol. The number of benzene rings is 2. The maximum atomic E-state index is 9.54. The molecule has 26 heavy (non-hydrogen) atoms. The maximum absolute atomic E-state index is 9.54. The van der Waals surface area contributed by atoms with Crippen molar-refractivity contribution < 1.29 is 9.84 Å². The number of hydrogen-bond acceptors (Lipinski definition) is 3. The zero-order valence-electron chi connectivity index (χ0n) is 16.4. The molecule has 2 aromatic rings. The Hall–Kier alpha value is -2.26. The molecular formula is C23H31NO2. The van der Waals surface area contributed by atoms with Crippen LogP contribution in [0.25, 0.3) is 5.57 Å². The van der Waals surface area contributed by atoms with E-state index in [1.807, 2.05) is 24.3 Å². The third kappa shape index (κ3) is 5.92. The molecule has 0 radical (unpaired) electrons. The number of nitrogens with zero attached hydrogens (tertiary/aromatic N) is 1. The summed E-state index contributed by atoms with van der Waals surface area (Å²) in [4.78, 5) is 2.35. The molecule has 0 unspecified atom stereocenters. The Morgan fingerprint density at radius 2 is 1.50 bits per heavy atom. The molecule has 2 aromatic carbocycles. The lowest BCUT2D eigenvalue weighted by Crippen LogP contribution is -2.27. The molecule has 0 amide bonds. The van der Waals surface area contributed by atoms with Gasteiger partial charge < -0.3 is 14.7 Å². The fourth-order valence-corrected chi connectivity index (χ4v) is 2.90. The van der Waals surface area contributed by atoms with E-state index in [-0.39, 0.29) is 5.75 Å². The van der Waals surface area contributed by atoms with Gasteiger partial charge in [0.15, 0.2) is 0 Å². The molecule has 0 heterocycles. The highest BCUT2D eigenvalue weighted by molar-refractivity contribution is 5.80. The number of rotatable bonds is 9. The summed E-state index contributed by atoms with van der Waals surface area (Å²) in [6.07, 6.45) is 2.25. The Morgan fingerprint density at radius 1 is 0.962 bits per heavy atom. The molecule has 1 N–H and O–H groups in total. The lowest BCUT2D eigenvalue weighted by atomic mass is 9.94. The van der Waals surface area contributed by atoms with Gasteiger partial charge in [-0.25, -0.2) is 0 Å². The lowest BCUT2D eigenvalue weighted by molar-refractivity contribution is 0.223. The molecule has 0 aliphatic carbocycles. The van der Waals surface area contributed by atoms with Gasteiger partial charge in [0, 0.05) is 6.54 Å². The van der Waals surface area contributed by atoms with E-state index in [0.717, 1.165) is 36.5 Å². The minimum atomic E-state index is 0.287. The van der Waals surface area contributed by atoms with E-state index in [4.69, 9.17) is 4.74 Å². The first kappa shape index (κ1) is 20.1. The Bertz CT molecular complexity index is 683. The second-order valence-electron chi connectivity index (χ2n) is 6.77. The summed E-state index contributed by atoms with van der Waals surface area (Å²) in [5, 5.41) is 9.54. The Balaban J connectivity index is 2.11. The first-order chi connectivity index (χ1) is 12.5. The number of likely N-dealkylation sites (N-methyl/N-ethyl adjacent to an activating group) is 1. The van der Waals surface area contributed by atoms with Crippen molar-refractivity contribution >= 4 is 5.57 Å². The van der Waals surface area contributed by atoms with Crippen LogP contribution in [0.4, 0.5) is 0 Å². The first-order valence-electron chi connectivity index (χ1n) is 9.50. The van der Waals surface area contributed by atoms with Crippen molar-refractivity contribution in [2.45, 2.75) is 27.7 Å². The van der Waals surface area contributed by atoms with Crippen LogP contribution in [0.1, 0.15) is 38.8 Å². The number of ether oxygens (including phenoxy) is 1. The summed E-state index contributed by atoms with van der Waals surface area (Å²) in [7, 11) is 0. The van der Waals surface area contributed by atoms with Gasteiger partial charge in [0.05, 0.1) is 0 Å². The highest BCUT2D eigenvalue weighted by atomic mass is 16.5. The molecule has 0 bridgehead atoms. The van der Waals surface area contributed by atoms with E-state index in [1.165, 1.54) is 5.57 Å². The predicted octanol–water partition coefficient (Wildman–Crippen LogP) is 5.20. The van der Waals surface area contributed by atoms with E-state index in [9.17, 15) is 5.11 Å². The van der Waals surface area contributed by atoms with E-state index in [1.54, 1.807) is 12.1 Å². The molecule has 3 nitrogen and oxygen atoms in total. The molecule has 2 rings (SSSR count). The molecule has 3 heteroatoms. The molecule has 0 aromatic heterocycles. The van der Waals surface area contributed by atoms with Crippen LogP contribution in [0.5, 0.6) is 11.5 Å². The molecule has 0 saturated carbocycles. The average Bonchev–Trinajstić information content (AvgIpc) is 2.65. The van der Waals surface area contributed by atoms with E-state index < -0.39 is 0 Å². The highest BCUT2D eigenvalue weighted by Crippen LogP contribution is 2.28. The third-order valence-corrected chi connectivity index (χ3v) is 4.41. The van der Waals surface area contributed by atoms with Crippen LogP contribution in [0.3, 0.4) is 0 Å². The summed E-state index contributed by atoms with van der Waals surface area (Å²) in [5.41, 5.74) is 3.43. The highest BCUT2D eigenvalue weighted by Gasteiger charge is 2.07. The van der Waals surface area contributed by atoms with Gasteiger partial charge in [-0.1, -0.05) is 58.0 Å². The number of phenols is 1. The fourth-order valence-electron chi connectivity index (χ4n) is 2.90. The van der Waals surface area contributed by atoms with Crippen molar-refractivity contribution in [3.8, 4) is 11.5 Å². The summed E-state index contributed by atoms with van der Waals surface area (Å²) in [6, 6.07) is 15.7. The lowest BCUT2D eigenvalue weighted by Gasteiger charge is -2.18. The SMILES string of the molecule is CCN(CC)CCOc1ccc(/C(=C\C(C)C)c2ccc(O)cc2)cc1. The molecule has 140 valence electrons. The Labute approximate surface area is 157 Å². The minimum Gasteiger partial charge on any atom is -0.508 e. The predicted molar refractivity (Wildman–Crippen MR) is 110 cm³/mol. The monoisotopic (exact) mass is 353 g/mol. The van der Waals surface area contributed by atoms with Gasteiger partial charge in [0.25, 0.3) is 0 Å². The van der Waals surface area contributed by atoms with Crippen molar-refractivity contribution in [3.63, 3.8) is 0 Å². The van der Waals surface area contributed by atoms with Crippen molar-refractivity contribution in [1.29, 1.82) is 0 Å². The second-order valence-corrected chi connectivity index (χ2v) is 6.77. The van der Waals surface area contributed by atoms with Gasteiger partial charge >= 0.3 is 0 Å². The number of phenolic OH excluding ortho intramolecular Hbond substituents is 1. The number of aromatic hydroxyl groups is 1. The van der Waals surface area contributed by atoms with Crippen LogP contribution < -0.4 is 4.74 Å². The van der Waals surface area contributed by atoms with Crippen LogP contribution in [0.15, 0.2) is 54.6 Å². The van der Waals surface area contributed by atoms with Crippen LogP contribution in [-0.4, -0.2) is 36.2 Å². The number of allylic oxidation sites excluding steroid dienone is 1. The maximum Gasteiger partial charge on any atom is 0.119 e. The van der Waals surface area contributed by atoms with Crippen LogP contribution >= 0.6 is 0 Å². The van der Waals surface area contributed by atoms with Crippen LogP contribution in [0, 0.1) is 5.92 Å². The number of hydrogen-bond donors (Lipinski definition) is 1. The van der Waals surface area contributed by atoms with Gasteiger partial charge in [-0.05, 0) is 60.0 Å². The molecule has 0 aliphatic heterocycles. The fraction of sp³-hybridized carbons (Fsp3) is 0.391. The summed E-state index contributed by atoms with van der Waals surface area (Å²) < 4.78 is 5.88. The van der Waals surface area contributed by atoms with Crippen LogP contribution in [-0.2, 0) is 0 Å². The first-order valence-corrected chi connectivity index (χ1v) is 9.50. The zero-order chi connectivity index (χ0) is 18.9. The molecule has 0 aliphatic rings. The quantitative estimate of drug-likeness (QED) is 0.672. The zero-order valence-corrected chi connectivity index (χ0v) is 16.4. The van der Waals surface area contributed by atoms with Gasteiger partial charge in [0.1, 0.15) is 18.1 Å². The van der Waals surface area contributed by atoms with Crippen molar-refractivity contribution in [1.82, 2.24) is 4.90 Å². The minimum absolute atomic E-state index is 0.287. The normalized spacial score (nSPS) is 12.0. The van der Waals surface area contributed by atoms with Gasteiger partial charge in [-0.2, -0.15) is 0 Å². The van der Waals surface area contributed by atoms with Crippen LogP contribution in [0.2, 0.25) is 0 Å². The van der Waals surface area contributed by atoms with Crippen molar-refractivity contribution in [2.24, 2.45) is 5.92 Å². The Morgan fingerprint density at radius 3 is 2.00 bits per heavy atom. The topological polar surface area (TPSA) is 32.7 Å². The van der Waals surface area contributed by atoms with Crippen molar-refractivity contribution in [2.75, 3.05) is 26.2 Å². The standard InChI is InChI=1S/C23H31NO2/c1-5-24(6-2)15-16-26-22-13-9-20(10-14-22)23(17-18(3)4)19-7-11-21(25)12-8-19/h7-14,17-18,25H,5-6,15-16H2,1-4H3/b23-17-. The molecule has 0 fully saturated rings. The van der Waals surface area contributed by atoms with Gasteiger partial charge in [-0.15, -0.1) is 0 Å².